The van der Waals surface area contributed by atoms with Gasteiger partial charge in [0.05, 0.1) is 0 Å². The topological polar surface area (TPSA) is 43.4 Å². The Morgan fingerprint density at radius 1 is 0.882 bits per heavy atom. The van der Waals surface area contributed by atoms with Crippen molar-refractivity contribution >= 4 is 81.5 Å². The van der Waals surface area contributed by atoms with Gasteiger partial charge in [0.2, 0.25) is 4.87 Å². The smallest absolute Gasteiger partial charge is 0.341 e. The number of halogens is 6. The van der Waals surface area contributed by atoms with E-state index in [-0.39, 0.29) is 0 Å². The SMILES string of the molecule is O=C1OC(=O)C2(Cl)C1(Cl)C=CC(Cl)(Cl)C2(Cl)Cl. The lowest BCUT2D eigenvalue weighted by molar-refractivity contribution is -0.153. The Kier molecular flexibility index (Phi) is 2.96. The predicted molar refractivity (Wildman–Crippen MR) is 66.3 cm³/mol. The fourth-order valence-electron chi connectivity index (χ4n) is 1.61. The lowest BCUT2D eigenvalue weighted by Gasteiger charge is -2.45. The largest absolute Gasteiger partial charge is 0.390 e. The van der Waals surface area contributed by atoms with Crippen LogP contribution in [0.1, 0.15) is 0 Å². The molecule has 0 N–H and O–H groups in total. The molecule has 94 valence electrons. The Hall–Kier alpha value is 0.620. The van der Waals surface area contributed by atoms with Crippen molar-refractivity contribution in [2.24, 2.45) is 0 Å². The molecule has 0 aromatic carbocycles. The van der Waals surface area contributed by atoms with Crippen molar-refractivity contribution in [2.75, 3.05) is 0 Å². The monoisotopic (exact) mass is 356 g/mol. The normalized spacial score (nSPS) is 42.2. The van der Waals surface area contributed by atoms with E-state index in [1.807, 2.05) is 0 Å². The summed E-state index contributed by atoms with van der Waals surface area (Å²) in [5, 5.41) is 0. The van der Waals surface area contributed by atoms with E-state index in [4.69, 9.17) is 69.6 Å². The number of fused-ring (bicyclic) bond motifs is 1. The number of rotatable bonds is 0. The predicted octanol–water partition coefficient (Wildman–Crippen LogP) is 2.94. The quantitative estimate of drug-likeness (QED) is 0.289. The van der Waals surface area contributed by atoms with Crippen molar-refractivity contribution in [3.05, 3.63) is 12.2 Å². The van der Waals surface area contributed by atoms with Gasteiger partial charge in [-0.15, -0.1) is 11.6 Å². The summed E-state index contributed by atoms with van der Waals surface area (Å²) in [5.41, 5.74) is 0. The van der Waals surface area contributed by atoms with E-state index in [1.165, 1.54) is 0 Å². The van der Waals surface area contributed by atoms with E-state index in [9.17, 15) is 9.59 Å². The van der Waals surface area contributed by atoms with Gasteiger partial charge in [-0.2, -0.15) is 0 Å². The molecule has 0 saturated carbocycles. The molecule has 9 heteroatoms. The van der Waals surface area contributed by atoms with Crippen molar-refractivity contribution in [2.45, 2.75) is 18.4 Å². The molecule has 1 aliphatic heterocycles. The highest BCUT2D eigenvalue weighted by atomic mass is 35.5. The fourth-order valence-corrected chi connectivity index (χ4v) is 3.44. The van der Waals surface area contributed by atoms with Crippen molar-refractivity contribution in [3.63, 3.8) is 0 Å². The maximum Gasteiger partial charge on any atom is 0.341 e. The number of hydrogen-bond donors (Lipinski definition) is 0. The first-order valence-electron chi connectivity index (χ1n) is 4.11. The Labute approximate surface area is 126 Å². The van der Waals surface area contributed by atoms with E-state index in [1.54, 1.807) is 0 Å². The van der Waals surface area contributed by atoms with E-state index in [0.29, 0.717) is 0 Å². The summed E-state index contributed by atoms with van der Waals surface area (Å²) in [6.07, 6.45) is 2.14. The lowest BCUT2D eigenvalue weighted by atomic mass is 9.82. The van der Waals surface area contributed by atoms with Crippen LogP contribution in [0.25, 0.3) is 0 Å². The summed E-state index contributed by atoms with van der Waals surface area (Å²) in [6, 6.07) is 0. The third-order valence-corrected chi connectivity index (χ3v) is 6.60. The standard InChI is InChI=1S/C8H2Cl6O3/c9-5-1-2-6(10,11)8(13,14)7(5,12)4(16)17-3(5)15/h1-2H. The van der Waals surface area contributed by atoms with Crippen LogP contribution in [0.3, 0.4) is 0 Å². The van der Waals surface area contributed by atoms with Crippen molar-refractivity contribution < 1.29 is 14.3 Å². The molecule has 1 heterocycles. The van der Waals surface area contributed by atoms with Gasteiger partial charge in [-0.3, -0.25) is 0 Å². The highest BCUT2D eigenvalue weighted by Crippen LogP contribution is 2.64. The fraction of sp³-hybridized carbons (Fsp3) is 0.500. The molecule has 1 fully saturated rings. The lowest BCUT2D eigenvalue weighted by Crippen LogP contribution is -2.66. The Bertz CT molecular complexity index is 458. The van der Waals surface area contributed by atoms with Crippen LogP contribution in [0, 0.1) is 0 Å². The maximum atomic E-state index is 11.7. The summed E-state index contributed by atoms with van der Waals surface area (Å²) in [4.78, 5) is 18.9. The molecule has 2 atom stereocenters. The first kappa shape index (κ1) is 14.0. The molecule has 0 spiro atoms. The summed E-state index contributed by atoms with van der Waals surface area (Å²) in [6.45, 7) is 0. The highest BCUT2D eigenvalue weighted by molar-refractivity contribution is 6.70. The van der Waals surface area contributed by atoms with Crippen LogP contribution in [-0.2, 0) is 14.3 Å². The summed E-state index contributed by atoms with van der Waals surface area (Å²) in [5.74, 6) is -2.27. The summed E-state index contributed by atoms with van der Waals surface area (Å²) >= 11 is 35.6. The first-order chi connectivity index (χ1) is 7.51. The van der Waals surface area contributed by atoms with Crippen molar-refractivity contribution in [1.29, 1.82) is 0 Å². The van der Waals surface area contributed by atoms with Gasteiger partial charge in [0.1, 0.15) is 0 Å². The Morgan fingerprint density at radius 3 is 1.94 bits per heavy atom. The molecule has 0 bridgehead atoms. The van der Waals surface area contributed by atoms with Gasteiger partial charge < -0.3 is 4.74 Å². The van der Waals surface area contributed by atoms with Gasteiger partial charge >= 0.3 is 11.9 Å². The van der Waals surface area contributed by atoms with Gasteiger partial charge in [0.15, 0.2) is 13.5 Å². The number of alkyl halides is 6. The number of carbonyl (C=O) groups is 2. The number of allylic oxidation sites excluding steroid dienone is 1. The van der Waals surface area contributed by atoms with Crippen LogP contribution < -0.4 is 0 Å². The summed E-state index contributed by atoms with van der Waals surface area (Å²) in [7, 11) is 0. The second-order valence-corrected chi connectivity index (χ2v) is 7.45. The molecule has 2 unspecified atom stereocenters. The van der Waals surface area contributed by atoms with E-state index < -0.39 is 30.4 Å². The average molecular weight is 359 g/mol. The van der Waals surface area contributed by atoms with Gasteiger partial charge in [0, 0.05) is 0 Å². The maximum absolute atomic E-state index is 11.7. The van der Waals surface area contributed by atoms with Crippen LogP contribution in [0.5, 0.6) is 0 Å². The molecule has 0 aromatic rings. The van der Waals surface area contributed by atoms with Crippen LogP contribution in [0.15, 0.2) is 12.2 Å². The third-order valence-electron chi connectivity index (χ3n) is 2.64. The molecule has 0 aromatic heterocycles. The van der Waals surface area contributed by atoms with Gasteiger partial charge in [0.25, 0.3) is 0 Å². The third kappa shape index (κ3) is 1.39. The number of cyclic esters (lactones) is 2. The second-order valence-electron chi connectivity index (χ2n) is 3.58. The van der Waals surface area contributed by atoms with E-state index in [0.717, 1.165) is 12.2 Å². The number of carbonyl (C=O) groups excluding carboxylic acids is 2. The van der Waals surface area contributed by atoms with Crippen LogP contribution in [-0.4, -0.2) is 30.4 Å². The zero-order chi connectivity index (χ0) is 13.3. The summed E-state index contributed by atoms with van der Waals surface area (Å²) < 4.78 is 0.216. The minimum Gasteiger partial charge on any atom is -0.390 e. The Balaban J connectivity index is 2.77. The van der Waals surface area contributed by atoms with E-state index >= 15 is 0 Å². The number of esters is 2. The van der Waals surface area contributed by atoms with Gasteiger partial charge in [-0.25, -0.2) is 9.59 Å². The van der Waals surface area contributed by atoms with Gasteiger partial charge in [-0.05, 0) is 6.08 Å². The number of ether oxygens (including phenoxy) is 1. The molecular weight excluding hydrogens is 357 g/mol. The van der Waals surface area contributed by atoms with Crippen LogP contribution >= 0.6 is 69.6 Å². The highest BCUT2D eigenvalue weighted by Gasteiger charge is 2.81. The minimum atomic E-state index is -2.31. The zero-order valence-corrected chi connectivity index (χ0v) is 12.2. The molecule has 0 amide bonds. The van der Waals surface area contributed by atoms with Gasteiger partial charge in [-0.1, -0.05) is 64.1 Å². The zero-order valence-electron chi connectivity index (χ0n) is 7.65. The first-order valence-corrected chi connectivity index (χ1v) is 6.38. The molecule has 2 aliphatic rings. The molecule has 1 saturated heterocycles. The van der Waals surface area contributed by atoms with Crippen LogP contribution in [0.4, 0.5) is 0 Å². The minimum absolute atomic E-state index is 1.05. The molecule has 3 nitrogen and oxygen atoms in total. The molecular formula is C8H2Cl6O3. The molecule has 0 radical (unpaired) electrons. The molecule has 2 rings (SSSR count). The van der Waals surface area contributed by atoms with Crippen molar-refractivity contribution in [1.82, 2.24) is 0 Å². The molecule has 17 heavy (non-hydrogen) atoms. The molecule has 1 aliphatic carbocycles. The van der Waals surface area contributed by atoms with Crippen molar-refractivity contribution in [3.8, 4) is 0 Å². The second kappa shape index (κ2) is 3.59. The number of hydrogen-bond acceptors (Lipinski definition) is 3. The Morgan fingerprint density at radius 2 is 1.41 bits per heavy atom. The average Bonchev–Trinajstić information content (AvgIpc) is 2.38. The van der Waals surface area contributed by atoms with E-state index in [2.05, 4.69) is 4.74 Å². The van der Waals surface area contributed by atoms with Crippen LogP contribution in [0.2, 0.25) is 0 Å².